The summed E-state index contributed by atoms with van der Waals surface area (Å²) >= 11 is 0. The Labute approximate surface area is 133 Å². The van der Waals surface area contributed by atoms with E-state index in [1.165, 1.54) is 0 Å². The maximum Gasteiger partial charge on any atom is 0.266 e. The molecule has 0 aliphatic carbocycles. The maximum atomic E-state index is 12.4. The van der Waals surface area contributed by atoms with E-state index in [0.29, 0.717) is 16.8 Å². The van der Waals surface area contributed by atoms with Crippen LogP contribution < -0.4 is 10.2 Å². The summed E-state index contributed by atoms with van der Waals surface area (Å²) in [5, 5.41) is 21.0. The molecule has 2 aromatic carbocycles. The van der Waals surface area contributed by atoms with E-state index in [9.17, 15) is 14.7 Å². The number of nitrogens with zero attached hydrogens (tertiary/aromatic N) is 1. The lowest BCUT2D eigenvalue weighted by Crippen LogP contribution is -2.29. The molecule has 0 bridgehead atoms. The Hall–Kier alpha value is -2.70. The third-order valence-corrected chi connectivity index (χ3v) is 3.67. The van der Waals surface area contributed by atoms with E-state index in [2.05, 4.69) is 5.32 Å². The van der Waals surface area contributed by atoms with Crippen LogP contribution in [0.5, 0.6) is 0 Å². The molecule has 1 atom stereocenters. The van der Waals surface area contributed by atoms with Crippen molar-refractivity contribution in [2.75, 3.05) is 23.4 Å². The van der Waals surface area contributed by atoms with Crippen LogP contribution in [-0.4, -0.2) is 41.3 Å². The Morgan fingerprint density at radius 3 is 2.04 bits per heavy atom. The van der Waals surface area contributed by atoms with Crippen LogP contribution in [0.1, 0.15) is 20.7 Å². The number of carbonyl (C=O) groups excluding carboxylic acids is 2. The molecule has 1 heterocycles. The molecule has 0 radical (unpaired) electrons. The molecular weight excluding hydrogens is 296 g/mol. The molecule has 3 N–H and O–H groups in total. The summed E-state index contributed by atoms with van der Waals surface area (Å²) < 4.78 is 0. The molecule has 0 aromatic heterocycles. The largest absolute Gasteiger partial charge is 0.394 e. The third-order valence-electron chi connectivity index (χ3n) is 3.67. The summed E-state index contributed by atoms with van der Waals surface area (Å²) in [6.07, 6.45) is -0.842. The van der Waals surface area contributed by atoms with Crippen LogP contribution >= 0.6 is 0 Å². The molecule has 1 aliphatic heterocycles. The van der Waals surface area contributed by atoms with Crippen molar-refractivity contribution in [2.45, 2.75) is 6.10 Å². The van der Waals surface area contributed by atoms with Crippen molar-refractivity contribution < 1.29 is 19.8 Å². The van der Waals surface area contributed by atoms with Crippen molar-refractivity contribution in [3.05, 3.63) is 59.7 Å². The van der Waals surface area contributed by atoms with Gasteiger partial charge in [-0.25, -0.2) is 4.90 Å². The highest BCUT2D eigenvalue weighted by molar-refractivity contribution is 6.34. The van der Waals surface area contributed by atoms with Crippen molar-refractivity contribution in [3.8, 4) is 0 Å². The monoisotopic (exact) mass is 312 g/mol. The zero-order valence-corrected chi connectivity index (χ0v) is 12.3. The molecular formula is C17H16N2O4. The zero-order chi connectivity index (χ0) is 16.4. The van der Waals surface area contributed by atoms with Gasteiger partial charge in [-0.2, -0.15) is 0 Å². The normalized spacial score (nSPS) is 14.8. The van der Waals surface area contributed by atoms with E-state index in [0.717, 1.165) is 10.6 Å². The smallest absolute Gasteiger partial charge is 0.266 e. The average Bonchev–Trinajstić information content (AvgIpc) is 2.85. The Morgan fingerprint density at radius 1 is 0.957 bits per heavy atom. The van der Waals surface area contributed by atoms with Crippen LogP contribution in [-0.2, 0) is 0 Å². The summed E-state index contributed by atoms with van der Waals surface area (Å²) in [6.45, 7) is -0.108. The molecule has 2 aromatic rings. The van der Waals surface area contributed by atoms with Gasteiger partial charge in [-0.15, -0.1) is 0 Å². The second-order valence-electron chi connectivity index (χ2n) is 5.26. The van der Waals surface area contributed by atoms with Gasteiger partial charge in [0, 0.05) is 12.2 Å². The SMILES string of the molecule is O=C1c2ccccc2C(=O)N1c1ccc(NCC(O)CO)cc1. The van der Waals surface area contributed by atoms with Gasteiger partial charge in [-0.05, 0) is 36.4 Å². The summed E-state index contributed by atoms with van der Waals surface area (Å²) in [5.41, 5.74) is 2.03. The number of hydrogen-bond acceptors (Lipinski definition) is 5. The van der Waals surface area contributed by atoms with Gasteiger partial charge >= 0.3 is 0 Å². The lowest BCUT2D eigenvalue weighted by Gasteiger charge is -2.15. The first kappa shape index (κ1) is 15.2. The van der Waals surface area contributed by atoms with Crippen LogP contribution in [0.4, 0.5) is 11.4 Å². The topological polar surface area (TPSA) is 89.9 Å². The number of aliphatic hydroxyl groups is 2. The second kappa shape index (κ2) is 6.20. The second-order valence-corrected chi connectivity index (χ2v) is 5.26. The molecule has 0 fully saturated rings. The molecule has 3 rings (SSSR count). The van der Waals surface area contributed by atoms with Gasteiger partial charge in [0.15, 0.2) is 0 Å². The lowest BCUT2D eigenvalue weighted by molar-refractivity contribution is 0.0926. The lowest BCUT2D eigenvalue weighted by atomic mass is 10.1. The van der Waals surface area contributed by atoms with Crippen molar-refractivity contribution >= 4 is 23.2 Å². The number of anilines is 2. The van der Waals surface area contributed by atoms with Crippen LogP contribution in [0, 0.1) is 0 Å². The predicted molar refractivity (Wildman–Crippen MR) is 85.6 cm³/mol. The van der Waals surface area contributed by atoms with Crippen LogP contribution in [0.2, 0.25) is 0 Å². The fourth-order valence-electron chi connectivity index (χ4n) is 2.45. The van der Waals surface area contributed by atoms with Crippen LogP contribution in [0.25, 0.3) is 0 Å². The van der Waals surface area contributed by atoms with Gasteiger partial charge in [0.05, 0.1) is 29.5 Å². The number of nitrogens with one attached hydrogen (secondary N) is 1. The molecule has 0 saturated heterocycles. The molecule has 2 amide bonds. The minimum absolute atomic E-state index is 0.211. The van der Waals surface area contributed by atoms with Crippen LogP contribution in [0.3, 0.4) is 0 Å². The Kier molecular flexibility index (Phi) is 4.10. The highest BCUT2D eigenvalue weighted by Gasteiger charge is 2.36. The summed E-state index contributed by atoms with van der Waals surface area (Å²) in [4.78, 5) is 25.9. The first-order valence-corrected chi connectivity index (χ1v) is 7.22. The number of carbonyl (C=O) groups is 2. The standard InChI is InChI=1S/C17H16N2O4/c20-10-13(21)9-18-11-5-7-12(8-6-11)19-16(22)14-3-1-2-4-15(14)17(19)23/h1-8,13,18,20-21H,9-10H2. The van der Waals surface area contributed by atoms with Gasteiger partial charge in [0.2, 0.25) is 0 Å². The van der Waals surface area contributed by atoms with Crippen molar-refractivity contribution in [1.82, 2.24) is 0 Å². The van der Waals surface area contributed by atoms with Crippen LogP contribution in [0.15, 0.2) is 48.5 Å². The average molecular weight is 312 g/mol. The number of rotatable bonds is 5. The minimum atomic E-state index is -0.842. The van der Waals surface area contributed by atoms with Gasteiger partial charge in [-0.3, -0.25) is 9.59 Å². The van der Waals surface area contributed by atoms with Gasteiger partial charge < -0.3 is 15.5 Å². The van der Waals surface area contributed by atoms with E-state index in [1.54, 1.807) is 48.5 Å². The molecule has 23 heavy (non-hydrogen) atoms. The third kappa shape index (κ3) is 2.81. The zero-order valence-electron chi connectivity index (χ0n) is 12.3. The summed E-state index contributed by atoms with van der Waals surface area (Å²) in [7, 11) is 0. The van der Waals surface area contributed by atoms with Gasteiger partial charge in [0.1, 0.15) is 0 Å². The number of benzene rings is 2. The Balaban J connectivity index is 1.78. The number of imide groups is 1. The van der Waals surface area contributed by atoms with E-state index < -0.39 is 6.10 Å². The fraction of sp³-hybridized carbons (Fsp3) is 0.176. The first-order valence-electron chi connectivity index (χ1n) is 7.22. The van der Waals surface area contributed by atoms with E-state index >= 15 is 0 Å². The van der Waals surface area contributed by atoms with E-state index in [-0.39, 0.29) is 25.0 Å². The van der Waals surface area contributed by atoms with Gasteiger partial charge in [-0.1, -0.05) is 12.1 Å². The summed E-state index contributed by atoms with van der Waals surface area (Å²) in [5.74, 6) is -0.663. The minimum Gasteiger partial charge on any atom is -0.394 e. The molecule has 0 saturated carbocycles. The quantitative estimate of drug-likeness (QED) is 0.723. The predicted octanol–water partition coefficient (Wildman–Crippen LogP) is 1.25. The molecule has 118 valence electrons. The molecule has 0 spiro atoms. The van der Waals surface area contributed by atoms with Crippen molar-refractivity contribution in [2.24, 2.45) is 0 Å². The molecule has 6 heteroatoms. The van der Waals surface area contributed by atoms with Crippen molar-refractivity contribution in [1.29, 1.82) is 0 Å². The molecule has 1 unspecified atom stereocenters. The first-order chi connectivity index (χ1) is 11.1. The van der Waals surface area contributed by atoms with E-state index in [1.807, 2.05) is 0 Å². The molecule has 6 nitrogen and oxygen atoms in total. The molecule has 1 aliphatic rings. The highest BCUT2D eigenvalue weighted by atomic mass is 16.3. The summed E-state index contributed by atoms with van der Waals surface area (Å²) in [6, 6.07) is 13.5. The number of amides is 2. The highest BCUT2D eigenvalue weighted by Crippen LogP contribution is 2.28. The van der Waals surface area contributed by atoms with Gasteiger partial charge in [0.25, 0.3) is 11.8 Å². The number of aliphatic hydroxyl groups excluding tert-OH is 2. The Bertz CT molecular complexity index is 708. The number of hydrogen-bond donors (Lipinski definition) is 3. The number of fused-ring (bicyclic) bond motifs is 1. The fourth-order valence-corrected chi connectivity index (χ4v) is 2.45. The maximum absolute atomic E-state index is 12.4. The Morgan fingerprint density at radius 2 is 1.52 bits per heavy atom. The van der Waals surface area contributed by atoms with Crippen molar-refractivity contribution in [3.63, 3.8) is 0 Å². The van der Waals surface area contributed by atoms with E-state index in [4.69, 9.17) is 5.11 Å².